The first-order valence-electron chi connectivity index (χ1n) is 8.38. The van der Waals surface area contributed by atoms with Crippen molar-refractivity contribution < 1.29 is 19.2 Å². The van der Waals surface area contributed by atoms with Gasteiger partial charge in [0.25, 0.3) is 0 Å². The molecule has 25 heavy (non-hydrogen) atoms. The van der Waals surface area contributed by atoms with Gasteiger partial charge in [-0.2, -0.15) is 4.98 Å². The van der Waals surface area contributed by atoms with Gasteiger partial charge >= 0.3 is 6.09 Å². The zero-order valence-electron chi connectivity index (χ0n) is 14.7. The summed E-state index contributed by atoms with van der Waals surface area (Å²) in [7, 11) is 0. The lowest BCUT2D eigenvalue weighted by Crippen LogP contribution is -2.35. The second-order valence-corrected chi connectivity index (χ2v) is 7.30. The van der Waals surface area contributed by atoms with Crippen LogP contribution in [0, 0.1) is 0 Å². The van der Waals surface area contributed by atoms with Crippen molar-refractivity contribution in [1.29, 1.82) is 0 Å². The van der Waals surface area contributed by atoms with Gasteiger partial charge < -0.3 is 19.3 Å². The van der Waals surface area contributed by atoms with E-state index >= 15 is 0 Å². The van der Waals surface area contributed by atoms with Crippen molar-refractivity contribution in [3.63, 3.8) is 0 Å². The lowest BCUT2D eigenvalue weighted by molar-refractivity contribution is 0.0292. The minimum atomic E-state index is -0.501. The molecule has 0 saturated carbocycles. The van der Waals surface area contributed by atoms with Crippen LogP contribution in [0.2, 0.25) is 0 Å². The van der Waals surface area contributed by atoms with E-state index in [0.717, 1.165) is 12.0 Å². The molecule has 0 spiro atoms. The van der Waals surface area contributed by atoms with Crippen molar-refractivity contribution in [1.82, 2.24) is 15.0 Å². The van der Waals surface area contributed by atoms with Crippen molar-refractivity contribution in [2.24, 2.45) is 0 Å². The molecule has 1 N–H and O–H groups in total. The fourth-order valence-corrected chi connectivity index (χ4v) is 2.76. The summed E-state index contributed by atoms with van der Waals surface area (Å²) in [5, 5.41) is 13.4. The number of benzene rings is 1. The van der Waals surface area contributed by atoms with Crippen LogP contribution >= 0.6 is 0 Å². The van der Waals surface area contributed by atoms with Gasteiger partial charge in [-0.15, -0.1) is 0 Å². The topological polar surface area (TPSA) is 88.7 Å². The second-order valence-electron chi connectivity index (χ2n) is 7.30. The third-order valence-electron chi connectivity index (χ3n) is 3.98. The molecule has 0 bridgehead atoms. The monoisotopic (exact) mass is 345 g/mol. The Hall–Kier alpha value is -2.57. The van der Waals surface area contributed by atoms with E-state index in [9.17, 15) is 9.90 Å². The van der Waals surface area contributed by atoms with Crippen LogP contribution in [0.15, 0.2) is 28.8 Å². The van der Waals surface area contributed by atoms with E-state index in [1.165, 1.54) is 0 Å². The number of ether oxygens (including phenoxy) is 1. The molecule has 1 unspecified atom stereocenters. The Labute approximate surface area is 146 Å². The fraction of sp³-hybridized carbons (Fsp3) is 0.500. The van der Waals surface area contributed by atoms with E-state index in [0.29, 0.717) is 31.2 Å². The third kappa shape index (κ3) is 4.49. The number of aromatic nitrogens is 2. The average molecular weight is 345 g/mol. The quantitative estimate of drug-likeness (QED) is 0.919. The molecule has 0 radical (unpaired) electrons. The van der Waals surface area contributed by atoms with Crippen molar-refractivity contribution in [2.75, 3.05) is 13.1 Å². The molecule has 1 fully saturated rings. The lowest BCUT2D eigenvalue weighted by Gasteiger charge is -2.24. The van der Waals surface area contributed by atoms with Crippen molar-refractivity contribution in [3.8, 4) is 5.75 Å². The number of hydrogen-bond donors (Lipinski definition) is 1. The van der Waals surface area contributed by atoms with Crippen LogP contribution in [-0.4, -0.2) is 44.9 Å². The summed E-state index contributed by atoms with van der Waals surface area (Å²) in [6, 6.07) is 6.89. The molecule has 7 heteroatoms. The van der Waals surface area contributed by atoms with E-state index in [1.54, 1.807) is 17.0 Å². The van der Waals surface area contributed by atoms with Crippen LogP contribution in [-0.2, 0) is 11.2 Å². The van der Waals surface area contributed by atoms with Gasteiger partial charge in [0.05, 0.1) is 6.42 Å². The predicted molar refractivity (Wildman–Crippen MR) is 90.4 cm³/mol. The largest absolute Gasteiger partial charge is 0.508 e. The maximum atomic E-state index is 12.1. The highest BCUT2D eigenvalue weighted by Crippen LogP contribution is 2.27. The molecule has 134 valence electrons. The molecule has 0 aliphatic carbocycles. The van der Waals surface area contributed by atoms with Gasteiger partial charge in [-0.3, -0.25) is 0 Å². The van der Waals surface area contributed by atoms with Crippen molar-refractivity contribution in [2.45, 2.75) is 45.1 Å². The highest BCUT2D eigenvalue weighted by atomic mass is 16.6. The Morgan fingerprint density at radius 2 is 2.08 bits per heavy atom. The molecule has 1 aliphatic heterocycles. The van der Waals surface area contributed by atoms with Gasteiger partial charge in [0.15, 0.2) is 5.82 Å². The van der Waals surface area contributed by atoms with E-state index in [-0.39, 0.29) is 17.8 Å². The number of aromatic hydroxyl groups is 1. The molecule has 2 heterocycles. The van der Waals surface area contributed by atoms with Gasteiger partial charge in [-0.1, -0.05) is 17.3 Å². The van der Waals surface area contributed by atoms with Crippen molar-refractivity contribution in [3.05, 3.63) is 41.5 Å². The van der Waals surface area contributed by atoms with Gasteiger partial charge in [-0.05, 0) is 44.9 Å². The SMILES string of the molecule is CC(C)(C)OC(=O)N1CCC(c2noc(Cc3ccc(O)cc3)n2)C1. The van der Waals surface area contributed by atoms with E-state index < -0.39 is 5.60 Å². The molecule has 1 amide bonds. The zero-order valence-corrected chi connectivity index (χ0v) is 14.7. The van der Waals surface area contributed by atoms with Gasteiger partial charge in [0.1, 0.15) is 11.4 Å². The molecule has 7 nitrogen and oxygen atoms in total. The van der Waals surface area contributed by atoms with Gasteiger partial charge in [0.2, 0.25) is 5.89 Å². The maximum Gasteiger partial charge on any atom is 0.410 e. The third-order valence-corrected chi connectivity index (χ3v) is 3.98. The molecule has 1 aliphatic rings. The molecule has 1 aromatic carbocycles. The Balaban J connectivity index is 1.59. The summed E-state index contributed by atoms with van der Waals surface area (Å²) in [5.74, 6) is 1.43. The molecule has 1 atom stereocenters. The van der Waals surface area contributed by atoms with Crippen LogP contribution < -0.4 is 0 Å². The first kappa shape index (κ1) is 17.3. The smallest absolute Gasteiger partial charge is 0.410 e. The summed E-state index contributed by atoms with van der Waals surface area (Å²) < 4.78 is 10.7. The van der Waals surface area contributed by atoms with Crippen LogP contribution in [0.25, 0.3) is 0 Å². The normalized spacial score (nSPS) is 17.7. The number of nitrogens with zero attached hydrogens (tertiary/aromatic N) is 3. The number of phenols is 1. The maximum absolute atomic E-state index is 12.1. The van der Waals surface area contributed by atoms with Gasteiger partial charge in [0, 0.05) is 19.0 Å². The average Bonchev–Trinajstić information content (AvgIpc) is 3.17. The lowest BCUT2D eigenvalue weighted by atomic mass is 10.1. The predicted octanol–water partition coefficient (Wildman–Crippen LogP) is 3.09. The van der Waals surface area contributed by atoms with Crippen molar-refractivity contribution >= 4 is 6.09 Å². The number of hydrogen-bond acceptors (Lipinski definition) is 6. The Kier molecular flexibility index (Phi) is 4.65. The van der Waals surface area contributed by atoms with Crippen LogP contribution in [0.1, 0.15) is 50.4 Å². The fourth-order valence-electron chi connectivity index (χ4n) is 2.76. The summed E-state index contributed by atoms with van der Waals surface area (Å²) in [6.07, 6.45) is 0.996. The minimum absolute atomic E-state index is 0.0600. The number of rotatable bonds is 3. The number of carbonyl (C=O) groups is 1. The van der Waals surface area contributed by atoms with Crippen LogP contribution in [0.3, 0.4) is 0 Å². The number of amides is 1. The number of carbonyl (C=O) groups excluding carboxylic acids is 1. The summed E-state index contributed by atoms with van der Waals surface area (Å²) >= 11 is 0. The van der Waals surface area contributed by atoms with E-state index in [2.05, 4.69) is 10.1 Å². The number of likely N-dealkylation sites (tertiary alicyclic amines) is 1. The van der Waals surface area contributed by atoms with E-state index in [4.69, 9.17) is 9.26 Å². The zero-order chi connectivity index (χ0) is 18.0. The number of phenolic OH excluding ortho intramolecular Hbond substituents is 1. The molecular formula is C18H23N3O4. The second kappa shape index (κ2) is 6.74. The first-order chi connectivity index (χ1) is 11.8. The summed E-state index contributed by atoms with van der Waals surface area (Å²) in [4.78, 5) is 18.3. The van der Waals surface area contributed by atoms with Gasteiger partial charge in [-0.25, -0.2) is 4.79 Å². The van der Waals surface area contributed by atoms with Crippen LogP contribution in [0.4, 0.5) is 4.79 Å². The standard InChI is InChI=1S/C18H23N3O4/c1-18(2,3)24-17(23)21-9-8-13(11-21)16-19-15(25-20-16)10-12-4-6-14(22)7-5-12/h4-7,13,22H,8-11H2,1-3H3. The molecular weight excluding hydrogens is 322 g/mol. The molecule has 1 aromatic heterocycles. The molecule has 2 aromatic rings. The Bertz CT molecular complexity index is 734. The molecule has 3 rings (SSSR count). The Morgan fingerprint density at radius 1 is 1.36 bits per heavy atom. The van der Waals surface area contributed by atoms with Crippen LogP contribution in [0.5, 0.6) is 5.75 Å². The highest BCUT2D eigenvalue weighted by Gasteiger charge is 2.32. The molecule has 1 saturated heterocycles. The summed E-state index contributed by atoms with van der Waals surface area (Å²) in [6.45, 7) is 6.72. The highest BCUT2D eigenvalue weighted by molar-refractivity contribution is 5.68. The summed E-state index contributed by atoms with van der Waals surface area (Å²) in [5.41, 5.74) is 0.480. The van der Waals surface area contributed by atoms with E-state index in [1.807, 2.05) is 32.9 Å². The minimum Gasteiger partial charge on any atom is -0.508 e. The first-order valence-corrected chi connectivity index (χ1v) is 8.38. The Morgan fingerprint density at radius 3 is 2.76 bits per heavy atom.